The van der Waals surface area contributed by atoms with Crippen LogP contribution in [0.3, 0.4) is 0 Å². The molecule has 0 rings (SSSR count). The Labute approximate surface area is 96.8 Å². The molecule has 0 amide bonds. The summed E-state index contributed by atoms with van der Waals surface area (Å²) < 4.78 is 0.773. The Morgan fingerprint density at radius 1 is 1.40 bits per heavy atom. The Kier molecular flexibility index (Phi) is 6.13. The fourth-order valence-electron chi connectivity index (χ4n) is 1.46. The molecule has 15 heavy (non-hydrogen) atoms. The van der Waals surface area contributed by atoms with Crippen molar-refractivity contribution in [3.63, 3.8) is 0 Å². The van der Waals surface area contributed by atoms with E-state index in [1.54, 1.807) is 6.92 Å². The minimum absolute atomic E-state index is 0.0174. The Hall–Kier alpha value is -0.350. The highest BCUT2D eigenvalue weighted by molar-refractivity contribution is 8.14. The summed E-state index contributed by atoms with van der Waals surface area (Å²) in [4.78, 5) is 22.0. The molecule has 3 nitrogen and oxygen atoms in total. The zero-order valence-corrected chi connectivity index (χ0v) is 11.1. The van der Waals surface area contributed by atoms with E-state index in [4.69, 9.17) is 0 Å². The molecule has 2 unspecified atom stereocenters. The van der Waals surface area contributed by atoms with Crippen LogP contribution in [0.25, 0.3) is 0 Å². The Bertz CT molecular complexity index is 223. The number of rotatable bonds is 6. The van der Waals surface area contributed by atoms with E-state index < -0.39 is 0 Å². The molecule has 0 aliphatic carbocycles. The van der Waals surface area contributed by atoms with Gasteiger partial charge in [-0.2, -0.15) is 0 Å². The second-order valence-corrected chi connectivity index (χ2v) is 6.25. The molecule has 0 bridgehead atoms. The van der Waals surface area contributed by atoms with E-state index in [0.717, 1.165) is 23.7 Å². The average Bonchev–Trinajstić information content (AvgIpc) is 2.01. The Morgan fingerprint density at radius 3 is 2.20 bits per heavy atom. The van der Waals surface area contributed by atoms with Crippen LogP contribution in [0.15, 0.2) is 0 Å². The molecule has 0 aliphatic heterocycles. The van der Waals surface area contributed by atoms with Crippen LogP contribution in [0.1, 0.15) is 20.3 Å². The van der Waals surface area contributed by atoms with Crippen molar-refractivity contribution < 1.29 is 14.1 Å². The van der Waals surface area contributed by atoms with Gasteiger partial charge in [-0.05, 0) is 6.42 Å². The maximum Gasteiger partial charge on any atom is 0.186 e. The summed E-state index contributed by atoms with van der Waals surface area (Å²) in [6, 6.07) is 0. The molecule has 0 heterocycles. The van der Waals surface area contributed by atoms with Gasteiger partial charge in [0, 0.05) is 12.8 Å². The van der Waals surface area contributed by atoms with Crippen molar-refractivity contribution in [2.45, 2.75) is 25.5 Å². The van der Waals surface area contributed by atoms with E-state index in [0.29, 0.717) is 0 Å². The number of nitrogens with zero attached hydrogens (tertiary/aromatic N) is 1. The fraction of sp³-hybridized carbons (Fsp3) is 0.818. The third kappa shape index (κ3) is 6.68. The van der Waals surface area contributed by atoms with E-state index >= 15 is 0 Å². The zero-order valence-electron chi connectivity index (χ0n) is 10.3. The molecule has 0 aromatic heterocycles. The van der Waals surface area contributed by atoms with Gasteiger partial charge in [-0.1, -0.05) is 18.7 Å². The zero-order chi connectivity index (χ0) is 12.1. The topological polar surface area (TPSA) is 34.1 Å². The van der Waals surface area contributed by atoms with Crippen LogP contribution < -0.4 is 0 Å². The first-order chi connectivity index (χ1) is 6.80. The molecule has 0 aromatic carbocycles. The summed E-state index contributed by atoms with van der Waals surface area (Å²) in [5, 5.41) is 0.193. The molecule has 88 valence electrons. The highest BCUT2D eigenvalue weighted by atomic mass is 32.2. The van der Waals surface area contributed by atoms with Gasteiger partial charge in [0.15, 0.2) is 5.12 Å². The molecule has 0 saturated heterocycles. The first kappa shape index (κ1) is 14.6. The predicted molar refractivity (Wildman–Crippen MR) is 64.8 cm³/mol. The van der Waals surface area contributed by atoms with Gasteiger partial charge in [-0.3, -0.25) is 4.79 Å². The van der Waals surface area contributed by atoms with Gasteiger partial charge in [0.05, 0.1) is 32.9 Å². The number of thioether (sulfide) groups is 1. The average molecular weight is 232 g/mol. The number of hydrogen-bond acceptors (Lipinski definition) is 3. The Morgan fingerprint density at radius 2 is 1.93 bits per heavy atom. The lowest BCUT2D eigenvalue weighted by atomic mass is 10.0. The van der Waals surface area contributed by atoms with Crippen molar-refractivity contribution in [2.75, 3.05) is 27.7 Å². The van der Waals surface area contributed by atoms with Crippen LogP contribution in [0.5, 0.6) is 0 Å². The first-order valence-corrected chi connectivity index (χ1v) is 6.11. The molecule has 2 atom stereocenters. The SMILES string of the molecule is CCC(C=O)C(C[N+](C)(C)C)SC(C)=O. The second kappa shape index (κ2) is 6.28. The van der Waals surface area contributed by atoms with E-state index in [2.05, 4.69) is 21.1 Å². The van der Waals surface area contributed by atoms with E-state index in [-0.39, 0.29) is 16.3 Å². The quantitative estimate of drug-likeness (QED) is 0.515. The molecule has 0 saturated carbocycles. The van der Waals surface area contributed by atoms with E-state index in [9.17, 15) is 9.59 Å². The Balaban J connectivity index is 4.56. The van der Waals surface area contributed by atoms with Crippen LogP contribution in [-0.4, -0.2) is 48.8 Å². The smallest absolute Gasteiger partial charge is 0.186 e. The van der Waals surface area contributed by atoms with Crippen LogP contribution >= 0.6 is 11.8 Å². The molecule has 0 fully saturated rings. The molecule has 0 radical (unpaired) electrons. The maximum absolute atomic E-state index is 11.1. The molecule has 0 N–H and O–H groups in total. The van der Waals surface area contributed by atoms with Gasteiger partial charge in [-0.25, -0.2) is 0 Å². The van der Waals surface area contributed by atoms with Gasteiger partial charge in [0.2, 0.25) is 0 Å². The summed E-state index contributed by atoms with van der Waals surface area (Å²) in [5.41, 5.74) is 0. The maximum atomic E-state index is 11.1. The summed E-state index contributed by atoms with van der Waals surface area (Å²) in [6.07, 6.45) is 1.78. The minimum atomic E-state index is -0.0174. The summed E-state index contributed by atoms with van der Waals surface area (Å²) in [5.74, 6) is -0.0174. The van der Waals surface area contributed by atoms with Crippen LogP contribution in [0, 0.1) is 5.92 Å². The van der Waals surface area contributed by atoms with Crippen molar-refractivity contribution in [3.8, 4) is 0 Å². The summed E-state index contributed by atoms with van der Waals surface area (Å²) in [7, 11) is 6.22. The van der Waals surface area contributed by atoms with Crippen LogP contribution in [-0.2, 0) is 9.59 Å². The van der Waals surface area contributed by atoms with Crippen molar-refractivity contribution in [1.82, 2.24) is 0 Å². The van der Waals surface area contributed by atoms with Gasteiger partial charge < -0.3 is 9.28 Å². The predicted octanol–water partition coefficient (Wildman–Crippen LogP) is 1.57. The lowest BCUT2D eigenvalue weighted by Crippen LogP contribution is -2.43. The number of hydrogen-bond donors (Lipinski definition) is 0. The number of quaternary nitrogens is 1. The molecular weight excluding hydrogens is 210 g/mol. The highest BCUT2D eigenvalue weighted by Crippen LogP contribution is 2.23. The monoisotopic (exact) mass is 232 g/mol. The largest absolute Gasteiger partial charge is 0.330 e. The molecular formula is C11H22NO2S+. The van der Waals surface area contributed by atoms with Crippen molar-refractivity contribution in [3.05, 3.63) is 0 Å². The van der Waals surface area contributed by atoms with Gasteiger partial charge in [-0.15, -0.1) is 0 Å². The normalized spacial score (nSPS) is 15.8. The molecule has 0 aliphatic rings. The van der Waals surface area contributed by atoms with Gasteiger partial charge in [0.1, 0.15) is 6.29 Å². The second-order valence-electron chi connectivity index (χ2n) is 4.83. The van der Waals surface area contributed by atoms with Gasteiger partial charge >= 0.3 is 0 Å². The van der Waals surface area contributed by atoms with Crippen molar-refractivity contribution >= 4 is 23.2 Å². The molecule has 0 aromatic rings. The first-order valence-electron chi connectivity index (χ1n) is 5.23. The van der Waals surface area contributed by atoms with E-state index in [1.165, 1.54) is 11.8 Å². The van der Waals surface area contributed by atoms with Gasteiger partial charge in [0.25, 0.3) is 0 Å². The number of aldehydes is 1. The van der Waals surface area contributed by atoms with E-state index in [1.807, 2.05) is 6.92 Å². The van der Waals surface area contributed by atoms with Crippen LogP contribution in [0.4, 0.5) is 0 Å². The lowest BCUT2D eigenvalue weighted by Gasteiger charge is -2.30. The third-order valence-corrected chi connectivity index (χ3v) is 3.30. The summed E-state index contributed by atoms with van der Waals surface area (Å²) in [6.45, 7) is 4.38. The highest BCUT2D eigenvalue weighted by Gasteiger charge is 2.27. The number of carbonyl (C=O) groups excluding carboxylic acids is 2. The molecule has 0 spiro atoms. The van der Waals surface area contributed by atoms with Crippen LogP contribution in [0.2, 0.25) is 0 Å². The minimum Gasteiger partial charge on any atom is -0.330 e. The standard InChI is InChI=1S/C11H22NO2S/c1-6-10(8-13)11(15-9(2)14)7-12(3,4)5/h8,10-11H,6-7H2,1-5H3/q+1. The lowest BCUT2D eigenvalue weighted by molar-refractivity contribution is -0.870. The molecule has 4 heteroatoms. The fourth-order valence-corrected chi connectivity index (χ4v) is 2.84. The number of carbonyl (C=O) groups is 2. The van der Waals surface area contributed by atoms with Crippen molar-refractivity contribution in [2.24, 2.45) is 5.92 Å². The van der Waals surface area contributed by atoms with Crippen molar-refractivity contribution in [1.29, 1.82) is 0 Å². The third-order valence-electron chi connectivity index (χ3n) is 2.17. The summed E-state index contributed by atoms with van der Waals surface area (Å²) >= 11 is 1.30.